The van der Waals surface area contributed by atoms with E-state index in [9.17, 15) is 0 Å². The van der Waals surface area contributed by atoms with Gasteiger partial charge in [-0.2, -0.15) is 0 Å². The van der Waals surface area contributed by atoms with Crippen molar-refractivity contribution >= 4 is 65.2 Å². The van der Waals surface area contributed by atoms with E-state index in [1.807, 2.05) is 0 Å². The highest BCUT2D eigenvalue weighted by Gasteiger charge is 2.17. The maximum atomic E-state index is 2.40. The van der Waals surface area contributed by atoms with Crippen LogP contribution in [0.3, 0.4) is 0 Å². The first-order chi connectivity index (χ1) is 20.7. The monoisotopic (exact) mass is 536 g/mol. The Hall–Kier alpha value is -5.34. The molecule has 0 fully saturated rings. The third kappa shape index (κ3) is 3.21. The van der Waals surface area contributed by atoms with Crippen molar-refractivity contribution < 1.29 is 0 Å². The molecule has 0 atom stereocenters. The zero-order valence-corrected chi connectivity index (χ0v) is 23.6. The topological polar surface area (TPSA) is 9.86 Å². The van der Waals surface area contributed by atoms with Gasteiger partial charge in [0, 0.05) is 57.4 Å². The fraction of sp³-hybridized carbons (Fsp3) is 0.0500. The molecule has 0 amide bonds. The molecule has 9 rings (SSSR count). The van der Waals surface area contributed by atoms with E-state index in [1.165, 1.54) is 87.4 Å². The van der Waals surface area contributed by atoms with Crippen LogP contribution in [0.1, 0.15) is 0 Å². The van der Waals surface area contributed by atoms with Gasteiger partial charge >= 0.3 is 0 Å². The minimum absolute atomic E-state index is 1.25. The number of aryl methyl sites for hydroxylation is 2. The minimum atomic E-state index is 1.25. The smallest absolute Gasteiger partial charge is 0.0568 e. The van der Waals surface area contributed by atoms with Gasteiger partial charge in [-0.1, -0.05) is 109 Å². The van der Waals surface area contributed by atoms with E-state index in [0.29, 0.717) is 0 Å². The second-order valence-electron chi connectivity index (χ2n) is 11.5. The molecule has 42 heavy (non-hydrogen) atoms. The van der Waals surface area contributed by atoms with Crippen molar-refractivity contribution in [1.29, 1.82) is 0 Å². The maximum absolute atomic E-state index is 2.40. The average molecular weight is 537 g/mol. The zero-order valence-electron chi connectivity index (χ0n) is 23.6. The van der Waals surface area contributed by atoms with Gasteiger partial charge in [0.1, 0.15) is 0 Å². The first-order valence-electron chi connectivity index (χ1n) is 14.6. The number of aromatic nitrogens is 2. The summed E-state index contributed by atoms with van der Waals surface area (Å²) in [6.45, 7) is 0. The molecule has 9 aromatic rings. The van der Waals surface area contributed by atoms with Crippen molar-refractivity contribution in [2.75, 3.05) is 0 Å². The Morgan fingerprint density at radius 3 is 1.17 bits per heavy atom. The fourth-order valence-corrected chi connectivity index (χ4v) is 7.21. The van der Waals surface area contributed by atoms with Gasteiger partial charge in [-0.25, -0.2) is 0 Å². The van der Waals surface area contributed by atoms with Crippen molar-refractivity contribution in [3.05, 3.63) is 133 Å². The summed E-state index contributed by atoms with van der Waals surface area (Å²) in [5.74, 6) is 0. The minimum Gasteiger partial charge on any atom is -0.343 e. The molecule has 0 spiro atoms. The summed E-state index contributed by atoms with van der Waals surface area (Å²) < 4.78 is 4.78. The van der Waals surface area contributed by atoms with E-state index in [1.54, 1.807) is 0 Å². The summed E-state index contributed by atoms with van der Waals surface area (Å²) in [5, 5.41) is 10.3. The van der Waals surface area contributed by atoms with Crippen molar-refractivity contribution in [3.63, 3.8) is 0 Å². The van der Waals surface area contributed by atoms with Gasteiger partial charge in [0.25, 0.3) is 0 Å². The van der Waals surface area contributed by atoms with Gasteiger partial charge in [0.05, 0.1) is 11.0 Å². The standard InChI is InChI=1S/C40H28N2/c1-41-37-23-36-34-20-16-30-22-28(26-11-7-4-8-12-26)14-18-32(30)40(34)42(2)38(36)24-35(37)33-19-15-29-21-27(13-17-31(29)39(33)41)25-9-5-3-6-10-25/h3-24H,1-2H3. The predicted molar refractivity (Wildman–Crippen MR) is 180 cm³/mol. The number of hydrogen-bond acceptors (Lipinski definition) is 0. The number of benzene rings is 7. The summed E-state index contributed by atoms with van der Waals surface area (Å²) >= 11 is 0. The molecule has 0 unspecified atom stereocenters. The normalized spacial score (nSPS) is 12.0. The lowest BCUT2D eigenvalue weighted by molar-refractivity contribution is 1.01. The van der Waals surface area contributed by atoms with Crippen molar-refractivity contribution in [3.8, 4) is 22.3 Å². The van der Waals surface area contributed by atoms with Gasteiger partial charge in [-0.3, -0.25) is 0 Å². The third-order valence-electron chi connectivity index (χ3n) is 9.28. The molecular weight excluding hydrogens is 508 g/mol. The molecule has 2 aromatic heterocycles. The van der Waals surface area contributed by atoms with E-state index >= 15 is 0 Å². The summed E-state index contributed by atoms with van der Waals surface area (Å²) in [5.41, 5.74) is 10.1. The Morgan fingerprint density at radius 1 is 0.333 bits per heavy atom. The van der Waals surface area contributed by atoms with Crippen LogP contribution in [0.15, 0.2) is 133 Å². The second kappa shape index (κ2) is 8.58. The second-order valence-corrected chi connectivity index (χ2v) is 11.5. The lowest BCUT2D eigenvalue weighted by Crippen LogP contribution is -1.89. The maximum Gasteiger partial charge on any atom is 0.0568 e. The summed E-state index contributed by atoms with van der Waals surface area (Å²) in [4.78, 5) is 0. The summed E-state index contributed by atoms with van der Waals surface area (Å²) in [6, 6.07) is 49.0. The number of hydrogen-bond donors (Lipinski definition) is 0. The first kappa shape index (κ1) is 23.4. The quantitative estimate of drug-likeness (QED) is 0.208. The Morgan fingerprint density at radius 2 is 0.738 bits per heavy atom. The highest BCUT2D eigenvalue weighted by molar-refractivity contribution is 6.24. The van der Waals surface area contributed by atoms with E-state index in [4.69, 9.17) is 0 Å². The SMILES string of the molecule is Cn1c2cc3c4ccc5cc(-c6ccccc6)ccc5c4n(C)c3cc2c2ccc3cc(-c4ccccc4)ccc3c21. The van der Waals surface area contributed by atoms with Crippen LogP contribution >= 0.6 is 0 Å². The molecule has 0 N–H and O–H groups in total. The Labute approximate surface area is 243 Å². The number of nitrogens with zero attached hydrogens (tertiary/aromatic N) is 2. The van der Waals surface area contributed by atoms with Crippen LogP contribution in [0.4, 0.5) is 0 Å². The molecule has 0 aliphatic rings. The Kier molecular flexibility index (Phi) is 4.77. The Bertz CT molecular complexity index is 2330. The third-order valence-corrected chi connectivity index (χ3v) is 9.28. The molecule has 0 radical (unpaired) electrons. The highest BCUT2D eigenvalue weighted by Crippen LogP contribution is 2.41. The molecule has 2 heteroatoms. The van der Waals surface area contributed by atoms with Gasteiger partial charge < -0.3 is 9.13 Å². The molecule has 0 aliphatic heterocycles. The molecule has 198 valence electrons. The Balaban J connectivity index is 1.27. The number of fused-ring (bicyclic) bond motifs is 10. The van der Waals surface area contributed by atoms with Gasteiger partial charge in [0.15, 0.2) is 0 Å². The fourth-order valence-electron chi connectivity index (χ4n) is 7.21. The van der Waals surface area contributed by atoms with E-state index in [-0.39, 0.29) is 0 Å². The van der Waals surface area contributed by atoms with Crippen LogP contribution in [0.2, 0.25) is 0 Å². The van der Waals surface area contributed by atoms with Crippen molar-refractivity contribution in [2.45, 2.75) is 0 Å². The molecule has 2 nitrogen and oxygen atoms in total. The molecule has 7 aromatic carbocycles. The van der Waals surface area contributed by atoms with E-state index < -0.39 is 0 Å². The van der Waals surface area contributed by atoms with Crippen LogP contribution in [0.5, 0.6) is 0 Å². The summed E-state index contributed by atoms with van der Waals surface area (Å²) in [6.07, 6.45) is 0. The molecule has 0 aliphatic carbocycles. The average Bonchev–Trinajstić information content (AvgIpc) is 3.50. The molecular formula is C40H28N2. The van der Waals surface area contributed by atoms with E-state index in [0.717, 1.165) is 0 Å². The van der Waals surface area contributed by atoms with E-state index in [2.05, 4.69) is 157 Å². The van der Waals surface area contributed by atoms with Crippen LogP contribution in [-0.2, 0) is 14.1 Å². The molecule has 0 saturated heterocycles. The predicted octanol–water partition coefficient (Wildman–Crippen LogP) is 10.6. The zero-order chi connectivity index (χ0) is 27.9. The lowest BCUT2D eigenvalue weighted by atomic mass is 9.99. The van der Waals surface area contributed by atoms with Crippen LogP contribution in [0.25, 0.3) is 87.4 Å². The molecule has 2 heterocycles. The molecule has 0 saturated carbocycles. The van der Waals surface area contributed by atoms with Crippen molar-refractivity contribution in [1.82, 2.24) is 9.13 Å². The highest BCUT2D eigenvalue weighted by atomic mass is 15.0. The number of rotatable bonds is 2. The molecule has 0 bridgehead atoms. The van der Waals surface area contributed by atoms with Crippen molar-refractivity contribution in [2.24, 2.45) is 14.1 Å². The van der Waals surface area contributed by atoms with Gasteiger partial charge in [-0.05, 0) is 57.3 Å². The lowest BCUT2D eigenvalue weighted by Gasteiger charge is -2.07. The van der Waals surface area contributed by atoms with Gasteiger partial charge in [-0.15, -0.1) is 0 Å². The first-order valence-corrected chi connectivity index (χ1v) is 14.6. The van der Waals surface area contributed by atoms with Crippen LogP contribution in [-0.4, -0.2) is 9.13 Å². The van der Waals surface area contributed by atoms with Gasteiger partial charge in [0.2, 0.25) is 0 Å². The summed E-state index contributed by atoms with van der Waals surface area (Å²) in [7, 11) is 4.43. The van der Waals surface area contributed by atoms with Crippen LogP contribution < -0.4 is 0 Å². The van der Waals surface area contributed by atoms with Crippen LogP contribution in [0, 0.1) is 0 Å². The largest absolute Gasteiger partial charge is 0.343 e.